The molecule has 0 spiro atoms. The highest BCUT2D eigenvalue weighted by molar-refractivity contribution is 6.10. The van der Waals surface area contributed by atoms with Crippen molar-refractivity contribution in [3.8, 4) is 0 Å². The molecular weight excluding hydrogens is 468 g/mol. The van der Waals surface area contributed by atoms with Crippen LogP contribution in [0.15, 0.2) is 85.6 Å². The lowest BCUT2D eigenvalue weighted by molar-refractivity contribution is -0.605. The summed E-state index contributed by atoms with van der Waals surface area (Å²) in [5.74, 6) is -0.0511. The van der Waals surface area contributed by atoms with Crippen LogP contribution in [0.2, 0.25) is 0 Å². The fraction of sp³-hybridized carbons (Fsp3) is 0.179. The zero-order valence-corrected chi connectivity index (χ0v) is 20.5. The molecule has 5 rings (SSSR count). The number of anilines is 3. The molecule has 0 saturated heterocycles. The molecule has 2 amide bonds. The Morgan fingerprint density at radius 3 is 2.57 bits per heavy atom. The van der Waals surface area contributed by atoms with Gasteiger partial charge in [-0.2, -0.15) is 4.73 Å². The zero-order valence-electron chi connectivity index (χ0n) is 20.5. The van der Waals surface area contributed by atoms with Gasteiger partial charge >= 0.3 is 0 Å². The second kappa shape index (κ2) is 9.69. The summed E-state index contributed by atoms with van der Waals surface area (Å²) in [4.78, 5) is 36.6. The molecule has 1 aromatic carbocycles. The Morgan fingerprint density at radius 1 is 1.05 bits per heavy atom. The maximum absolute atomic E-state index is 13.3. The Kier molecular flexibility index (Phi) is 6.27. The number of amides is 2. The molecule has 0 aliphatic carbocycles. The molecule has 37 heavy (non-hydrogen) atoms. The first-order valence-corrected chi connectivity index (χ1v) is 11.9. The molecular formula is C28H26N6O3. The molecule has 3 aromatic heterocycles. The minimum Gasteiger partial charge on any atom is -0.619 e. The Morgan fingerprint density at radius 2 is 1.81 bits per heavy atom. The maximum Gasteiger partial charge on any atom is 0.259 e. The summed E-state index contributed by atoms with van der Waals surface area (Å²) >= 11 is 0. The van der Waals surface area contributed by atoms with Crippen molar-refractivity contribution in [1.82, 2.24) is 9.97 Å². The summed E-state index contributed by atoms with van der Waals surface area (Å²) in [5, 5.41) is 17.6. The van der Waals surface area contributed by atoms with E-state index in [1.54, 1.807) is 35.6 Å². The van der Waals surface area contributed by atoms with Gasteiger partial charge in [0.25, 0.3) is 11.8 Å². The topological polar surface area (TPSA) is 114 Å². The number of fused-ring (bicyclic) bond motifs is 1. The van der Waals surface area contributed by atoms with E-state index in [2.05, 4.69) is 34.4 Å². The Labute approximate surface area is 214 Å². The van der Waals surface area contributed by atoms with Crippen LogP contribution in [0.25, 0.3) is 0 Å². The summed E-state index contributed by atoms with van der Waals surface area (Å²) in [7, 11) is 0. The molecule has 9 nitrogen and oxygen atoms in total. The average Bonchev–Trinajstić information content (AvgIpc) is 3.18. The van der Waals surface area contributed by atoms with Crippen LogP contribution in [0.3, 0.4) is 0 Å². The smallest absolute Gasteiger partial charge is 0.259 e. The van der Waals surface area contributed by atoms with E-state index in [0.717, 1.165) is 16.8 Å². The molecule has 0 unspecified atom stereocenters. The number of carbonyl (C=O) groups is 2. The number of rotatable bonds is 6. The molecule has 0 saturated carbocycles. The number of benzene rings is 1. The highest BCUT2D eigenvalue weighted by atomic mass is 16.5. The molecule has 9 heteroatoms. The molecule has 186 valence electrons. The van der Waals surface area contributed by atoms with Gasteiger partial charge in [0.15, 0.2) is 12.4 Å². The van der Waals surface area contributed by atoms with Gasteiger partial charge in [-0.25, -0.2) is 4.98 Å². The van der Waals surface area contributed by atoms with Gasteiger partial charge in [0.1, 0.15) is 5.82 Å². The highest BCUT2D eigenvalue weighted by Crippen LogP contribution is 2.42. The molecule has 0 radical (unpaired) electrons. The van der Waals surface area contributed by atoms with Gasteiger partial charge in [0.2, 0.25) is 0 Å². The van der Waals surface area contributed by atoms with E-state index in [0.29, 0.717) is 40.5 Å². The second-order valence-electron chi connectivity index (χ2n) is 9.52. The lowest BCUT2D eigenvalue weighted by atomic mass is 9.87. The average molecular weight is 495 g/mol. The SMILES string of the molecule is CC1(C)CN(C(=O)c2cc[n+]([O-])cc2)c2cc(NC(=O)c3cccnc3NCc3ccncc3)ccc21. The van der Waals surface area contributed by atoms with Crippen molar-refractivity contribution in [2.75, 3.05) is 22.1 Å². The van der Waals surface area contributed by atoms with Crippen LogP contribution >= 0.6 is 0 Å². The molecule has 2 N–H and O–H groups in total. The molecule has 0 fully saturated rings. The van der Waals surface area contributed by atoms with Crippen LogP contribution in [-0.4, -0.2) is 28.3 Å². The first-order chi connectivity index (χ1) is 17.8. The lowest BCUT2D eigenvalue weighted by Gasteiger charge is -2.20. The minimum absolute atomic E-state index is 0.203. The predicted octanol–water partition coefficient (Wildman–Crippen LogP) is 3.91. The van der Waals surface area contributed by atoms with Gasteiger partial charge in [-0.05, 0) is 47.5 Å². The van der Waals surface area contributed by atoms with Gasteiger partial charge in [0, 0.05) is 60.6 Å². The highest BCUT2D eigenvalue weighted by Gasteiger charge is 2.38. The molecule has 0 atom stereocenters. The Bertz CT molecular complexity index is 1450. The van der Waals surface area contributed by atoms with Crippen LogP contribution in [0.1, 0.15) is 45.7 Å². The van der Waals surface area contributed by atoms with E-state index in [1.165, 1.54) is 24.5 Å². The third-order valence-corrected chi connectivity index (χ3v) is 6.38. The molecule has 1 aliphatic rings. The first kappa shape index (κ1) is 23.9. The quantitative estimate of drug-likeness (QED) is 0.310. The number of nitrogens with one attached hydrogen (secondary N) is 2. The summed E-state index contributed by atoms with van der Waals surface area (Å²) < 4.78 is 0.644. The lowest BCUT2D eigenvalue weighted by Crippen LogP contribution is -2.34. The second-order valence-corrected chi connectivity index (χ2v) is 9.52. The van der Waals surface area contributed by atoms with Gasteiger partial charge in [-0.15, -0.1) is 0 Å². The maximum atomic E-state index is 13.3. The zero-order chi connectivity index (χ0) is 26.0. The van der Waals surface area contributed by atoms with E-state index in [-0.39, 0.29) is 17.2 Å². The van der Waals surface area contributed by atoms with Crippen molar-refractivity contribution in [3.05, 3.63) is 113 Å². The van der Waals surface area contributed by atoms with E-state index >= 15 is 0 Å². The van der Waals surface area contributed by atoms with E-state index < -0.39 is 0 Å². The predicted molar refractivity (Wildman–Crippen MR) is 140 cm³/mol. The third kappa shape index (κ3) is 4.97. The molecule has 0 bridgehead atoms. The summed E-state index contributed by atoms with van der Waals surface area (Å²) in [5.41, 5.74) is 3.87. The first-order valence-electron chi connectivity index (χ1n) is 11.9. The standard InChI is InChI=1S/C28H26N6O3/c1-28(2)18-34(27(36)20-9-14-33(37)15-10-20)24-16-21(5-6-23(24)28)32-26(35)22-4-3-11-30-25(22)31-17-19-7-12-29-13-8-19/h3-16H,17-18H2,1-2H3,(H,30,31)(H,32,35). The Hall–Kier alpha value is -4.79. The van der Waals surface area contributed by atoms with Crippen molar-refractivity contribution in [3.63, 3.8) is 0 Å². The van der Waals surface area contributed by atoms with Crippen LogP contribution < -0.4 is 20.3 Å². The van der Waals surface area contributed by atoms with Crippen molar-refractivity contribution in [1.29, 1.82) is 0 Å². The summed E-state index contributed by atoms with van der Waals surface area (Å²) in [6.07, 6.45) is 7.67. The monoisotopic (exact) mass is 494 g/mol. The van der Waals surface area contributed by atoms with E-state index in [4.69, 9.17) is 0 Å². The number of hydrogen-bond acceptors (Lipinski definition) is 6. The van der Waals surface area contributed by atoms with Gasteiger partial charge < -0.3 is 20.7 Å². The normalized spacial score (nSPS) is 13.6. The van der Waals surface area contributed by atoms with Crippen molar-refractivity contribution in [2.24, 2.45) is 0 Å². The Balaban J connectivity index is 1.38. The largest absolute Gasteiger partial charge is 0.619 e. The fourth-order valence-electron chi connectivity index (χ4n) is 4.48. The van der Waals surface area contributed by atoms with Crippen molar-refractivity contribution in [2.45, 2.75) is 25.8 Å². The summed E-state index contributed by atoms with van der Waals surface area (Å²) in [6, 6.07) is 15.8. The fourth-order valence-corrected chi connectivity index (χ4v) is 4.48. The van der Waals surface area contributed by atoms with Crippen molar-refractivity contribution < 1.29 is 14.3 Å². The van der Waals surface area contributed by atoms with Crippen LogP contribution in [0.4, 0.5) is 17.2 Å². The minimum atomic E-state index is -0.316. The van der Waals surface area contributed by atoms with Crippen LogP contribution in [-0.2, 0) is 12.0 Å². The van der Waals surface area contributed by atoms with E-state index in [9.17, 15) is 14.8 Å². The van der Waals surface area contributed by atoms with Gasteiger partial charge in [-0.3, -0.25) is 14.6 Å². The molecule has 4 heterocycles. The number of hydrogen-bond donors (Lipinski definition) is 2. The van der Waals surface area contributed by atoms with Crippen LogP contribution in [0, 0.1) is 5.21 Å². The van der Waals surface area contributed by atoms with Gasteiger partial charge in [0.05, 0.1) is 11.1 Å². The molecule has 4 aromatic rings. The van der Waals surface area contributed by atoms with Crippen LogP contribution in [0.5, 0.6) is 0 Å². The third-order valence-electron chi connectivity index (χ3n) is 6.38. The number of carbonyl (C=O) groups excluding carboxylic acids is 2. The van der Waals surface area contributed by atoms with Crippen molar-refractivity contribution >= 4 is 29.0 Å². The van der Waals surface area contributed by atoms with E-state index in [1.807, 2.05) is 30.3 Å². The summed E-state index contributed by atoms with van der Waals surface area (Å²) in [6.45, 7) is 5.13. The van der Waals surface area contributed by atoms with Gasteiger partial charge in [-0.1, -0.05) is 19.9 Å². The number of pyridine rings is 3. The molecule has 1 aliphatic heterocycles. The number of nitrogens with zero attached hydrogens (tertiary/aromatic N) is 4. The number of aromatic nitrogens is 3.